The fourth-order valence-electron chi connectivity index (χ4n) is 2.85. The SMILES string of the molecule is Cc1cc(=O)c(C(=O)Nc2cnc(-c3ccccc3)nc2)nn1-c1ccccc1. The molecule has 7 heteroatoms. The van der Waals surface area contributed by atoms with E-state index in [4.69, 9.17) is 0 Å². The summed E-state index contributed by atoms with van der Waals surface area (Å²) in [5.41, 5.74) is 1.99. The van der Waals surface area contributed by atoms with Crippen LogP contribution in [0.15, 0.2) is 83.9 Å². The molecule has 142 valence electrons. The predicted molar refractivity (Wildman–Crippen MR) is 110 cm³/mol. The van der Waals surface area contributed by atoms with Gasteiger partial charge in [-0.1, -0.05) is 48.5 Å². The molecule has 0 spiro atoms. The highest BCUT2D eigenvalue weighted by atomic mass is 16.2. The number of benzene rings is 2. The number of hydrogen-bond donors (Lipinski definition) is 1. The zero-order chi connectivity index (χ0) is 20.2. The molecular formula is C22H17N5O2. The summed E-state index contributed by atoms with van der Waals surface area (Å²) in [5.74, 6) is -0.0702. The number of rotatable bonds is 4. The van der Waals surface area contributed by atoms with Gasteiger partial charge in [-0.3, -0.25) is 9.59 Å². The fraction of sp³-hybridized carbons (Fsp3) is 0.0455. The van der Waals surface area contributed by atoms with Crippen molar-refractivity contribution < 1.29 is 4.79 Å². The smallest absolute Gasteiger partial charge is 0.280 e. The van der Waals surface area contributed by atoms with E-state index in [9.17, 15) is 9.59 Å². The lowest BCUT2D eigenvalue weighted by Crippen LogP contribution is -2.27. The highest BCUT2D eigenvalue weighted by Gasteiger charge is 2.16. The number of anilines is 1. The molecule has 2 aromatic heterocycles. The zero-order valence-electron chi connectivity index (χ0n) is 15.6. The van der Waals surface area contributed by atoms with E-state index in [0.717, 1.165) is 11.3 Å². The Hall–Kier alpha value is -4.13. The molecule has 0 saturated heterocycles. The summed E-state index contributed by atoms with van der Waals surface area (Å²) in [6, 6.07) is 20.2. The molecule has 2 aromatic carbocycles. The van der Waals surface area contributed by atoms with Gasteiger partial charge in [0.1, 0.15) is 0 Å². The standard InChI is InChI=1S/C22H17N5O2/c1-15-12-19(28)20(26-27(15)18-10-6-3-7-11-18)22(29)25-17-13-23-21(24-14-17)16-8-4-2-5-9-16/h2-14H,1H3,(H,25,29). The second-order valence-corrected chi connectivity index (χ2v) is 6.36. The number of carbonyl (C=O) groups excluding carboxylic acids is 1. The average molecular weight is 383 g/mol. The van der Waals surface area contributed by atoms with Gasteiger partial charge in [0.2, 0.25) is 5.43 Å². The molecule has 0 radical (unpaired) electrons. The number of carbonyl (C=O) groups is 1. The number of amides is 1. The van der Waals surface area contributed by atoms with Crippen LogP contribution in [0.1, 0.15) is 16.2 Å². The second-order valence-electron chi connectivity index (χ2n) is 6.36. The van der Waals surface area contributed by atoms with E-state index in [1.54, 1.807) is 11.6 Å². The Morgan fingerprint density at radius 2 is 1.55 bits per heavy atom. The quantitative estimate of drug-likeness (QED) is 0.584. The second kappa shape index (κ2) is 7.85. The van der Waals surface area contributed by atoms with Crippen molar-refractivity contribution in [2.75, 3.05) is 5.32 Å². The van der Waals surface area contributed by atoms with Crippen molar-refractivity contribution >= 4 is 11.6 Å². The average Bonchev–Trinajstić information content (AvgIpc) is 2.75. The maximum absolute atomic E-state index is 12.6. The van der Waals surface area contributed by atoms with Gasteiger partial charge in [-0.25, -0.2) is 14.6 Å². The third kappa shape index (κ3) is 3.93. The highest BCUT2D eigenvalue weighted by molar-refractivity contribution is 6.02. The summed E-state index contributed by atoms with van der Waals surface area (Å²) in [5, 5.41) is 6.89. The molecule has 1 amide bonds. The molecule has 0 unspecified atom stereocenters. The van der Waals surface area contributed by atoms with Crippen LogP contribution in [0.5, 0.6) is 0 Å². The van der Waals surface area contributed by atoms with E-state index in [1.807, 2.05) is 60.7 Å². The first-order valence-electron chi connectivity index (χ1n) is 8.97. The minimum absolute atomic E-state index is 0.202. The maximum atomic E-state index is 12.6. The molecule has 7 nitrogen and oxygen atoms in total. The lowest BCUT2D eigenvalue weighted by atomic mass is 10.2. The Balaban J connectivity index is 1.59. The van der Waals surface area contributed by atoms with Gasteiger partial charge in [0, 0.05) is 17.3 Å². The van der Waals surface area contributed by atoms with Crippen LogP contribution in [0.4, 0.5) is 5.69 Å². The van der Waals surface area contributed by atoms with Gasteiger partial charge < -0.3 is 5.32 Å². The summed E-state index contributed by atoms with van der Waals surface area (Å²) >= 11 is 0. The van der Waals surface area contributed by atoms with Crippen molar-refractivity contribution in [2.24, 2.45) is 0 Å². The largest absolute Gasteiger partial charge is 0.318 e. The van der Waals surface area contributed by atoms with Crippen molar-refractivity contribution in [2.45, 2.75) is 6.92 Å². The van der Waals surface area contributed by atoms with Gasteiger partial charge in [0.15, 0.2) is 11.5 Å². The summed E-state index contributed by atoms with van der Waals surface area (Å²) in [6.07, 6.45) is 2.99. The molecule has 0 aliphatic rings. The number of aromatic nitrogens is 4. The molecule has 1 N–H and O–H groups in total. The van der Waals surface area contributed by atoms with Gasteiger partial charge >= 0.3 is 0 Å². The number of nitrogens with one attached hydrogen (secondary N) is 1. The maximum Gasteiger partial charge on any atom is 0.280 e. The molecule has 0 bridgehead atoms. The van der Waals surface area contributed by atoms with Crippen LogP contribution < -0.4 is 10.7 Å². The lowest BCUT2D eigenvalue weighted by molar-refractivity contribution is 0.101. The molecule has 0 fully saturated rings. The number of para-hydroxylation sites is 1. The molecule has 4 rings (SSSR count). The molecule has 0 aliphatic carbocycles. The minimum Gasteiger partial charge on any atom is -0.318 e. The van der Waals surface area contributed by atoms with E-state index in [2.05, 4.69) is 20.4 Å². The third-order valence-corrected chi connectivity index (χ3v) is 4.26. The van der Waals surface area contributed by atoms with Crippen LogP contribution in [0.3, 0.4) is 0 Å². The molecule has 2 heterocycles. The van der Waals surface area contributed by atoms with Crippen LogP contribution in [0, 0.1) is 6.92 Å². The number of aryl methyl sites for hydroxylation is 1. The van der Waals surface area contributed by atoms with Gasteiger partial charge in [0.25, 0.3) is 5.91 Å². The minimum atomic E-state index is -0.615. The van der Waals surface area contributed by atoms with Gasteiger partial charge in [-0.2, -0.15) is 5.10 Å². The van der Waals surface area contributed by atoms with E-state index >= 15 is 0 Å². The first-order valence-corrected chi connectivity index (χ1v) is 8.97. The monoisotopic (exact) mass is 383 g/mol. The van der Waals surface area contributed by atoms with Crippen LogP contribution >= 0.6 is 0 Å². The Morgan fingerprint density at radius 1 is 0.931 bits per heavy atom. The Kier molecular flexibility index (Phi) is 4.94. The van der Waals surface area contributed by atoms with Crippen molar-refractivity contribution in [3.8, 4) is 17.1 Å². The summed E-state index contributed by atoms with van der Waals surface area (Å²) < 4.78 is 1.56. The fourth-order valence-corrected chi connectivity index (χ4v) is 2.85. The van der Waals surface area contributed by atoms with E-state index in [-0.39, 0.29) is 5.69 Å². The highest BCUT2D eigenvalue weighted by Crippen LogP contribution is 2.15. The Bertz CT molecular complexity index is 1200. The first kappa shape index (κ1) is 18.2. The van der Waals surface area contributed by atoms with Gasteiger partial charge in [-0.05, 0) is 19.1 Å². The van der Waals surface area contributed by atoms with Crippen molar-refractivity contribution in [1.29, 1.82) is 0 Å². The van der Waals surface area contributed by atoms with Crippen LogP contribution in [0.25, 0.3) is 17.1 Å². The van der Waals surface area contributed by atoms with Gasteiger partial charge in [-0.15, -0.1) is 0 Å². The molecular weight excluding hydrogens is 366 g/mol. The topological polar surface area (TPSA) is 89.8 Å². The third-order valence-electron chi connectivity index (χ3n) is 4.26. The molecule has 0 atom stereocenters. The Labute approximate surface area is 166 Å². The number of nitrogens with zero attached hydrogens (tertiary/aromatic N) is 4. The zero-order valence-corrected chi connectivity index (χ0v) is 15.6. The summed E-state index contributed by atoms with van der Waals surface area (Å²) in [7, 11) is 0. The summed E-state index contributed by atoms with van der Waals surface area (Å²) in [4.78, 5) is 33.5. The first-order chi connectivity index (χ1) is 14.1. The number of hydrogen-bond acceptors (Lipinski definition) is 5. The van der Waals surface area contributed by atoms with Gasteiger partial charge in [0.05, 0.1) is 23.8 Å². The Morgan fingerprint density at radius 3 is 2.21 bits per heavy atom. The molecule has 29 heavy (non-hydrogen) atoms. The predicted octanol–water partition coefficient (Wildman–Crippen LogP) is 3.25. The molecule has 0 saturated carbocycles. The van der Waals surface area contributed by atoms with Crippen molar-refractivity contribution in [1.82, 2.24) is 19.7 Å². The van der Waals surface area contributed by atoms with Crippen molar-refractivity contribution in [3.05, 3.63) is 101 Å². The lowest BCUT2D eigenvalue weighted by Gasteiger charge is -2.11. The van der Waals surface area contributed by atoms with Crippen LogP contribution in [-0.4, -0.2) is 25.7 Å². The normalized spacial score (nSPS) is 10.5. The van der Waals surface area contributed by atoms with E-state index in [0.29, 0.717) is 17.2 Å². The van der Waals surface area contributed by atoms with Crippen molar-refractivity contribution in [3.63, 3.8) is 0 Å². The molecule has 0 aliphatic heterocycles. The molecule has 4 aromatic rings. The van der Waals surface area contributed by atoms with Crippen LogP contribution in [-0.2, 0) is 0 Å². The van der Waals surface area contributed by atoms with E-state index < -0.39 is 11.3 Å². The van der Waals surface area contributed by atoms with Crippen LogP contribution in [0.2, 0.25) is 0 Å². The van der Waals surface area contributed by atoms with E-state index in [1.165, 1.54) is 18.5 Å². The summed E-state index contributed by atoms with van der Waals surface area (Å²) in [6.45, 7) is 1.76.